The third-order valence-electron chi connectivity index (χ3n) is 7.10. The van der Waals surface area contributed by atoms with Gasteiger partial charge in [-0.1, -0.05) is 52.3 Å². The van der Waals surface area contributed by atoms with Crippen LogP contribution in [0.25, 0.3) is 0 Å². The largest absolute Gasteiger partial charge is 0.496 e. The quantitative estimate of drug-likeness (QED) is 0.369. The van der Waals surface area contributed by atoms with Crippen molar-refractivity contribution in [1.29, 1.82) is 0 Å². The highest BCUT2D eigenvalue weighted by Crippen LogP contribution is 2.39. The summed E-state index contributed by atoms with van der Waals surface area (Å²) >= 11 is 6.65. The number of hydrogen-bond donors (Lipinski definition) is 1. The molecule has 5 heteroatoms. The van der Waals surface area contributed by atoms with Crippen molar-refractivity contribution in [3.05, 3.63) is 28.8 Å². The predicted molar refractivity (Wildman–Crippen MR) is 128 cm³/mol. The summed E-state index contributed by atoms with van der Waals surface area (Å²) in [5, 5.41) is 4.48. The molecule has 1 atom stereocenters. The normalized spacial score (nSPS) is 18.6. The number of rotatable bonds is 11. The first-order chi connectivity index (χ1) is 13.8. The maximum atomic E-state index is 6.93. The summed E-state index contributed by atoms with van der Waals surface area (Å²) in [7, 11) is -0.0688. The summed E-state index contributed by atoms with van der Waals surface area (Å²) in [6, 6.07) is 9.27. The minimum Gasteiger partial charge on any atom is -0.496 e. The number of nitrogens with one attached hydrogen (secondary N) is 1. The van der Waals surface area contributed by atoms with E-state index >= 15 is 0 Å². The lowest BCUT2D eigenvalue weighted by molar-refractivity contribution is 0.164. The molecule has 29 heavy (non-hydrogen) atoms. The van der Waals surface area contributed by atoms with Crippen molar-refractivity contribution in [2.24, 2.45) is 11.3 Å². The maximum Gasteiger partial charge on any atom is 0.192 e. The topological polar surface area (TPSA) is 30.5 Å². The second-order valence-electron chi connectivity index (χ2n) is 9.47. The van der Waals surface area contributed by atoms with Crippen LogP contribution in [-0.2, 0) is 4.43 Å². The minimum absolute atomic E-state index is 0.0646. The second kappa shape index (κ2) is 11.2. The van der Waals surface area contributed by atoms with Gasteiger partial charge < -0.3 is 14.5 Å². The van der Waals surface area contributed by atoms with Gasteiger partial charge in [0.2, 0.25) is 0 Å². The summed E-state index contributed by atoms with van der Waals surface area (Å²) in [5.74, 6) is 1.59. The van der Waals surface area contributed by atoms with E-state index in [1.165, 1.54) is 25.7 Å². The van der Waals surface area contributed by atoms with Crippen LogP contribution in [0.3, 0.4) is 0 Å². The zero-order valence-electron chi connectivity index (χ0n) is 19.4. The van der Waals surface area contributed by atoms with Crippen molar-refractivity contribution in [3.8, 4) is 5.75 Å². The van der Waals surface area contributed by atoms with E-state index < -0.39 is 8.32 Å². The zero-order chi connectivity index (χ0) is 21.5. The molecule has 0 bridgehead atoms. The standard InChI is InChI=1S/C24H42ClNO2Si/c1-7-29(8-2,9-3)28-22(23-20(25)11-10-12-21(23)27-6)18-26-17-19-13-15-24(4,5)16-14-19/h10-12,19,22,26H,7-9,13-18H2,1-6H3. The molecule has 0 amide bonds. The molecular formula is C24H42ClNO2Si. The summed E-state index contributed by atoms with van der Waals surface area (Å²) in [5.41, 5.74) is 1.52. The molecule has 1 aromatic carbocycles. The molecule has 0 aliphatic heterocycles. The molecule has 1 aliphatic carbocycles. The lowest BCUT2D eigenvalue weighted by atomic mass is 9.73. The molecule has 1 fully saturated rings. The van der Waals surface area contributed by atoms with Crippen LogP contribution in [0.15, 0.2) is 18.2 Å². The van der Waals surface area contributed by atoms with Crippen molar-refractivity contribution >= 4 is 19.9 Å². The van der Waals surface area contributed by atoms with Gasteiger partial charge in [0, 0.05) is 12.1 Å². The van der Waals surface area contributed by atoms with E-state index in [9.17, 15) is 0 Å². The van der Waals surface area contributed by atoms with Crippen LogP contribution in [0.2, 0.25) is 23.2 Å². The lowest BCUT2D eigenvalue weighted by Gasteiger charge is -2.36. The van der Waals surface area contributed by atoms with Gasteiger partial charge in [0.15, 0.2) is 8.32 Å². The molecule has 2 rings (SSSR count). The van der Waals surface area contributed by atoms with Gasteiger partial charge in [-0.15, -0.1) is 0 Å². The molecule has 0 radical (unpaired) electrons. The third kappa shape index (κ3) is 6.71. The fourth-order valence-electron chi connectivity index (χ4n) is 4.59. The molecule has 1 aromatic rings. The van der Waals surface area contributed by atoms with Crippen LogP contribution in [0, 0.1) is 11.3 Å². The zero-order valence-corrected chi connectivity index (χ0v) is 21.2. The average Bonchev–Trinajstić information content (AvgIpc) is 2.72. The van der Waals surface area contributed by atoms with Gasteiger partial charge in [-0.2, -0.15) is 0 Å². The van der Waals surface area contributed by atoms with Crippen molar-refractivity contribution in [1.82, 2.24) is 5.32 Å². The van der Waals surface area contributed by atoms with Crippen molar-refractivity contribution in [2.75, 3.05) is 20.2 Å². The fourth-order valence-corrected chi connectivity index (χ4v) is 7.69. The Hall–Kier alpha value is -0.553. The van der Waals surface area contributed by atoms with Gasteiger partial charge in [0.25, 0.3) is 0 Å². The Bertz CT molecular complexity index is 615. The lowest BCUT2D eigenvalue weighted by Crippen LogP contribution is -2.40. The van der Waals surface area contributed by atoms with Gasteiger partial charge in [0.1, 0.15) is 5.75 Å². The van der Waals surface area contributed by atoms with Crippen molar-refractivity contribution in [3.63, 3.8) is 0 Å². The molecule has 1 unspecified atom stereocenters. The van der Waals surface area contributed by atoms with Gasteiger partial charge in [-0.05, 0) is 73.8 Å². The van der Waals surface area contributed by atoms with Crippen LogP contribution < -0.4 is 10.1 Å². The summed E-state index contributed by atoms with van der Waals surface area (Å²) < 4.78 is 12.6. The Kier molecular flexibility index (Phi) is 9.52. The van der Waals surface area contributed by atoms with E-state index in [0.717, 1.165) is 53.5 Å². The molecule has 166 valence electrons. The van der Waals surface area contributed by atoms with Crippen LogP contribution >= 0.6 is 11.6 Å². The molecule has 1 N–H and O–H groups in total. The molecule has 1 aliphatic rings. The summed E-state index contributed by atoms with van der Waals surface area (Å²) in [4.78, 5) is 0. The number of benzene rings is 1. The van der Waals surface area contributed by atoms with E-state index in [2.05, 4.69) is 39.9 Å². The predicted octanol–water partition coefficient (Wildman–Crippen LogP) is 7.22. The summed E-state index contributed by atoms with van der Waals surface area (Å²) in [6.07, 6.45) is 5.23. The van der Waals surface area contributed by atoms with Crippen molar-refractivity contribution in [2.45, 2.75) is 84.5 Å². The van der Waals surface area contributed by atoms with E-state index in [-0.39, 0.29) is 6.10 Å². The molecule has 0 aromatic heterocycles. The van der Waals surface area contributed by atoms with Gasteiger partial charge in [0.05, 0.1) is 18.2 Å². The number of methoxy groups -OCH3 is 1. The van der Waals surface area contributed by atoms with E-state index in [0.29, 0.717) is 5.41 Å². The van der Waals surface area contributed by atoms with Gasteiger partial charge in [-0.3, -0.25) is 0 Å². The Morgan fingerprint density at radius 3 is 2.31 bits per heavy atom. The first-order valence-corrected chi connectivity index (χ1v) is 14.4. The molecule has 0 heterocycles. The first kappa shape index (κ1) is 24.7. The van der Waals surface area contributed by atoms with E-state index in [4.69, 9.17) is 20.8 Å². The third-order valence-corrected chi connectivity index (χ3v) is 12.1. The average molecular weight is 440 g/mol. The highest BCUT2D eigenvalue weighted by atomic mass is 35.5. The smallest absolute Gasteiger partial charge is 0.192 e. The Morgan fingerprint density at radius 1 is 1.14 bits per heavy atom. The molecule has 1 saturated carbocycles. The highest BCUT2D eigenvalue weighted by Gasteiger charge is 2.34. The van der Waals surface area contributed by atoms with Crippen LogP contribution in [0.5, 0.6) is 5.75 Å². The van der Waals surface area contributed by atoms with Crippen LogP contribution in [-0.4, -0.2) is 28.5 Å². The number of hydrogen-bond acceptors (Lipinski definition) is 3. The SMILES string of the molecule is CC[Si](CC)(CC)OC(CNCC1CCC(C)(C)CC1)c1c(Cl)cccc1OC. The Balaban J connectivity index is 2.13. The number of halogens is 1. The number of ether oxygens (including phenoxy) is 1. The Labute approximate surface area is 185 Å². The second-order valence-corrected chi connectivity index (χ2v) is 14.6. The summed E-state index contributed by atoms with van der Waals surface area (Å²) in [6.45, 7) is 13.5. The monoisotopic (exact) mass is 439 g/mol. The first-order valence-electron chi connectivity index (χ1n) is 11.5. The molecular weight excluding hydrogens is 398 g/mol. The van der Waals surface area contributed by atoms with Gasteiger partial charge >= 0.3 is 0 Å². The maximum absolute atomic E-state index is 6.93. The van der Waals surface area contributed by atoms with Crippen LogP contribution in [0.1, 0.15) is 72.0 Å². The minimum atomic E-state index is -1.78. The molecule has 3 nitrogen and oxygen atoms in total. The molecule has 0 saturated heterocycles. The van der Waals surface area contributed by atoms with Gasteiger partial charge in [-0.25, -0.2) is 0 Å². The highest BCUT2D eigenvalue weighted by molar-refractivity contribution is 6.73. The fraction of sp³-hybridized carbons (Fsp3) is 0.750. The van der Waals surface area contributed by atoms with E-state index in [1.807, 2.05) is 18.2 Å². The van der Waals surface area contributed by atoms with Crippen molar-refractivity contribution < 1.29 is 9.16 Å². The van der Waals surface area contributed by atoms with E-state index in [1.54, 1.807) is 7.11 Å². The Morgan fingerprint density at radius 2 is 1.76 bits per heavy atom. The molecule has 0 spiro atoms. The van der Waals surface area contributed by atoms with Crippen LogP contribution in [0.4, 0.5) is 0 Å².